The van der Waals surface area contributed by atoms with E-state index >= 15 is 0 Å². The van der Waals surface area contributed by atoms with Gasteiger partial charge >= 0.3 is 0 Å². The number of aliphatic imine (C=N–C) groups is 1. The minimum atomic E-state index is 0.548. The first-order chi connectivity index (χ1) is 12.5. The van der Waals surface area contributed by atoms with Crippen LogP contribution < -0.4 is 15.5 Å². The van der Waals surface area contributed by atoms with Gasteiger partial charge in [-0.05, 0) is 52.2 Å². The van der Waals surface area contributed by atoms with Gasteiger partial charge in [0, 0.05) is 58.1 Å². The number of anilines is 1. The Balaban J connectivity index is 1.76. The summed E-state index contributed by atoms with van der Waals surface area (Å²) in [6.45, 7) is 13.8. The van der Waals surface area contributed by atoms with Gasteiger partial charge in [0.15, 0.2) is 5.96 Å². The monoisotopic (exact) mass is 360 g/mol. The predicted octanol–water partition coefficient (Wildman–Crippen LogP) is 2.47. The molecule has 0 spiro atoms. The highest BCUT2D eigenvalue weighted by Crippen LogP contribution is 2.17. The fourth-order valence-corrected chi connectivity index (χ4v) is 3.48. The Bertz CT molecular complexity index is 538. The molecule has 0 bridgehead atoms. The second kappa shape index (κ2) is 10.4. The van der Waals surface area contributed by atoms with E-state index in [1.807, 2.05) is 13.2 Å². The van der Waals surface area contributed by atoms with E-state index in [9.17, 15) is 0 Å². The van der Waals surface area contributed by atoms with Gasteiger partial charge in [-0.25, -0.2) is 4.98 Å². The van der Waals surface area contributed by atoms with Crippen molar-refractivity contribution < 1.29 is 0 Å². The van der Waals surface area contributed by atoms with E-state index in [0.29, 0.717) is 12.1 Å². The van der Waals surface area contributed by atoms with Gasteiger partial charge in [0.2, 0.25) is 0 Å². The highest BCUT2D eigenvalue weighted by atomic mass is 15.2. The molecule has 0 atom stereocenters. The van der Waals surface area contributed by atoms with Gasteiger partial charge in [-0.2, -0.15) is 0 Å². The largest absolute Gasteiger partial charge is 0.357 e. The fraction of sp³-hybridized carbons (Fsp3) is 0.700. The number of hydrogen-bond donors (Lipinski definition) is 2. The molecule has 26 heavy (non-hydrogen) atoms. The van der Waals surface area contributed by atoms with Crippen LogP contribution in [0.15, 0.2) is 23.3 Å². The molecule has 2 N–H and O–H groups in total. The molecule has 2 heterocycles. The standard InChI is InChI=1S/C20H36N6/c1-16(2)26(17(3)4)13-10-22-20(21-5)24-15-18-8-9-19(23-14-18)25-11-6-7-12-25/h8-9,14,16-17H,6-7,10-13,15H2,1-5H3,(H2,21,22,24). The third-order valence-electron chi connectivity index (χ3n) is 4.91. The third-order valence-corrected chi connectivity index (χ3v) is 4.91. The molecule has 0 unspecified atom stereocenters. The molecule has 1 aromatic rings. The van der Waals surface area contributed by atoms with E-state index < -0.39 is 0 Å². The average Bonchev–Trinajstić information content (AvgIpc) is 3.15. The third kappa shape index (κ3) is 6.16. The summed E-state index contributed by atoms with van der Waals surface area (Å²) in [5.41, 5.74) is 1.17. The second-order valence-corrected chi connectivity index (χ2v) is 7.50. The van der Waals surface area contributed by atoms with Gasteiger partial charge in [-0.15, -0.1) is 0 Å². The Morgan fingerprint density at radius 2 is 1.85 bits per heavy atom. The molecular formula is C20H36N6. The second-order valence-electron chi connectivity index (χ2n) is 7.50. The van der Waals surface area contributed by atoms with Crippen LogP contribution in [0.3, 0.4) is 0 Å². The lowest BCUT2D eigenvalue weighted by Crippen LogP contribution is -2.45. The number of hydrogen-bond acceptors (Lipinski definition) is 4. The van der Waals surface area contributed by atoms with Crippen molar-refractivity contribution in [2.45, 2.75) is 59.2 Å². The number of nitrogens with zero attached hydrogens (tertiary/aromatic N) is 4. The fourth-order valence-electron chi connectivity index (χ4n) is 3.48. The molecule has 1 saturated heterocycles. The van der Waals surface area contributed by atoms with Crippen molar-refractivity contribution in [1.29, 1.82) is 0 Å². The van der Waals surface area contributed by atoms with Crippen molar-refractivity contribution >= 4 is 11.8 Å². The Kier molecular flexibility index (Phi) is 8.16. The molecule has 1 aliphatic heterocycles. The van der Waals surface area contributed by atoms with Gasteiger partial charge in [-0.3, -0.25) is 9.89 Å². The lowest BCUT2D eigenvalue weighted by Gasteiger charge is -2.30. The van der Waals surface area contributed by atoms with E-state index in [-0.39, 0.29) is 0 Å². The molecular weight excluding hydrogens is 324 g/mol. The van der Waals surface area contributed by atoms with Crippen molar-refractivity contribution in [3.05, 3.63) is 23.9 Å². The van der Waals surface area contributed by atoms with Crippen molar-refractivity contribution in [1.82, 2.24) is 20.5 Å². The van der Waals surface area contributed by atoms with Gasteiger partial charge in [0.1, 0.15) is 5.82 Å². The molecule has 1 aromatic heterocycles. The van der Waals surface area contributed by atoms with Crippen molar-refractivity contribution in [3.63, 3.8) is 0 Å². The summed E-state index contributed by atoms with van der Waals surface area (Å²) in [7, 11) is 1.81. The first-order valence-corrected chi connectivity index (χ1v) is 9.91. The van der Waals surface area contributed by atoms with E-state index in [4.69, 9.17) is 0 Å². The number of rotatable bonds is 8. The molecule has 0 saturated carbocycles. The number of nitrogens with one attached hydrogen (secondary N) is 2. The molecule has 2 rings (SSSR count). The van der Waals surface area contributed by atoms with Crippen molar-refractivity contribution in [2.24, 2.45) is 4.99 Å². The smallest absolute Gasteiger partial charge is 0.191 e. The lowest BCUT2D eigenvalue weighted by atomic mass is 10.2. The van der Waals surface area contributed by atoms with Crippen LogP contribution in [-0.2, 0) is 6.54 Å². The molecule has 0 radical (unpaired) electrons. The molecule has 1 fully saturated rings. The Hall–Kier alpha value is -1.82. The minimum Gasteiger partial charge on any atom is -0.357 e. The van der Waals surface area contributed by atoms with E-state index in [1.54, 1.807) is 0 Å². The molecule has 6 nitrogen and oxygen atoms in total. The predicted molar refractivity (Wildman–Crippen MR) is 111 cm³/mol. The van der Waals surface area contributed by atoms with E-state index in [2.05, 4.69) is 70.2 Å². The summed E-state index contributed by atoms with van der Waals surface area (Å²) in [6.07, 6.45) is 4.52. The maximum atomic E-state index is 4.61. The summed E-state index contributed by atoms with van der Waals surface area (Å²) in [4.78, 5) is 13.8. The number of guanidine groups is 1. The van der Waals surface area contributed by atoms with Crippen LogP contribution in [0.5, 0.6) is 0 Å². The van der Waals surface area contributed by atoms with Gasteiger partial charge in [0.05, 0.1) is 0 Å². The molecule has 1 aliphatic rings. The first kappa shape index (κ1) is 20.5. The van der Waals surface area contributed by atoms with Crippen LogP contribution in [-0.4, -0.2) is 61.2 Å². The topological polar surface area (TPSA) is 55.8 Å². The van der Waals surface area contributed by atoms with Crippen LogP contribution in [0, 0.1) is 0 Å². The van der Waals surface area contributed by atoms with Gasteiger partial charge in [0.25, 0.3) is 0 Å². The highest BCUT2D eigenvalue weighted by Gasteiger charge is 2.14. The van der Waals surface area contributed by atoms with Gasteiger partial charge in [-0.1, -0.05) is 6.07 Å². The summed E-state index contributed by atoms with van der Waals surface area (Å²) >= 11 is 0. The summed E-state index contributed by atoms with van der Waals surface area (Å²) in [6, 6.07) is 5.38. The summed E-state index contributed by atoms with van der Waals surface area (Å²) in [5, 5.41) is 6.78. The van der Waals surface area contributed by atoms with Crippen LogP contribution in [0.25, 0.3) is 0 Å². The molecule has 146 valence electrons. The minimum absolute atomic E-state index is 0.548. The summed E-state index contributed by atoms with van der Waals surface area (Å²) in [5.74, 6) is 1.93. The Morgan fingerprint density at radius 1 is 1.15 bits per heavy atom. The van der Waals surface area contributed by atoms with E-state index in [1.165, 1.54) is 18.4 Å². The van der Waals surface area contributed by atoms with Gasteiger partial charge < -0.3 is 15.5 Å². The van der Waals surface area contributed by atoms with Crippen LogP contribution in [0.4, 0.5) is 5.82 Å². The molecule has 0 amide bonds. The number of aromatic nitrogens is 1. The van der Waals surface area contributed by atoms with Crippen molar-refractivity contribution in [3.8, 4) is 0 Å². The Labute approximate surface area is 159 Å². The quantitative estimate of drug-likeness (QED) is 0.551. The molecule has 6 heteroatoms. The highest BCUT2D eigenvalue weighted by molar-refractivity contribution is 5.79. The van der Waals surface area contributed by atoms with Crippen LogP contribution in [0.1, 0.15) is 46.1 Å². The lowest BCUT2D eigenvalue weighted by molar-refractivity contribution is 0.178. The Morgan fingerprint density at radius 3 is 2.38 bits per heavy atom. The van der Waals surface area contributed by atoms with Crippen molar-refractivity contribution in [2.75, 3.05) is 38.1 Å². The van der Waals surface area contributed by atoms with E-state index in [0.717, 1.165) is 44.5 Å². The molecule has 0 aromatic carbocycles. The number of pyridine rings is 1. The summed E-state index contributed by atoms with van der Waals surface area (Å²) < 4.78 is 0. The SMILES string of the molecule is CN=C(NCCN(C(C)C)C(C)C)NCc1ccc(N2CCCC2)nc1. The normalized spacial score (nSPS) is 15.4. The zero-order valence-electron chi connectivity index (χ0n) is 17.1. The average molecular weight is 361 g/mol. The van der Waals surface area contributed by atoms with Crippen LogP contribution in [0.2, 0.25) is 0 Å². The maximum absolute atomic E-state index is 4.61. The first-order valence-electron chi connectivity index (χ1n) is 9.91. The van der Waals surface area contributed by atoms with Crippen LogP contribution >= 0.6 is 0 Å². The maximum Gasteiger partial charge on any atom is 0.191 e. The molecule has 0 aliphatic carbocycles. The zero-order chi connectivity index (χ0) is 18.9. The zero-order valence-corrected chi connectivity index (χ0v) is 17.1.